The van der Waals surface area contributed by atoms with Crippen LogP contribution in [0, 0.1) is 0 Å². The average Bonchev–Trinajstić information content (AvgIpc) is 2.61. The minimum Gasteiger partial charge on any atom is -0.373 e. The van der Waals surface area contributed by atoms with Crippen molar-refractivity contribution in [3.63, 3.8) is 0 Å². The van der Waals surface area contributed by atoms with E-state index in [-0.39, 0.29) is 23.8 Å². The number of hydrogen-bond donors (Lipinski definition) is 1. The molecule has 0 amide bonds. The van der Waals surface area contributed by atoms with Crippen LogP contribution in [0.15, 0.2) is 30.6 Å². The van der Waals surface area contributed by atoms with E-state index in [4.69, 9.17) is 4.74 Å². The van der Waals surface area contributed by atoms with Gasteiger partial charge in [0.15, 0.2) is 11.5 Å². The van der Waals surface area contributed by atoms with Crippen LogP contribution in [-0.2, 0) is 10.9 Å². The molecule has 3 heterocycles. The van der Waals surface area contributed by atoms with Crippen LogP contribution in [-0.4, -0.2) is 58.7 Å². The Morgan fingerprint density at radius 1 is 1.35 bits per heavy atom. The Morgan fingerprint density at radius 3 is 2.81 bits per heavy atom. The maximum absolute atomic E-state index is 13.2. The number of pyridine rings is 1. The number of aromatic nitrogens is 3. The molecule has 9 heteroatoms. The van der Waals surface area contributed by atoms with Crippen LogP contribution in [0.5, 0.6) is 0 Å². The molecule has 2 unspecified atom stereocenters. The minimum atomic E-state index is -4.57. The molecule has 0 bridgehead atoms. The fourth-order valence-corrected chi connectivity index (χ4v) is 2.73. The molecule has 1 aliphatic heterocycles. The molecule has 0 aromatic carbocycles. The smallest absolute Gasteiger partial charge is 0.373 e. The van der Waals surface area contributed by atoms with Crippen molar-refractivity contribution in [2.75, 3.05) is 32.1 Å². The van der Waals surface area contributed by atoms with Crippen LogP contribution in [0.25, 0.3) is 11.4 Å². The summed E-state index contributed by atoms with van der Waals surface area (Å²) in [6.07, 6.45) is -1.74. The van der Waals surface area contributed by atoms with Crippen molar-refractivity contribution in [1.29, 1.82) is 0 Å². The Kier molecular flexibility index (Phi) is 5.38. The Balaban J connectivity index is 1.88. The molecule has 1 fully saturated rings. The van der Waals surface area contributed by atoms with E-state index in [0.717, 1.165) is 12.6 Å². The molecule has 2 aromatic rings. The van der Waals surface area contributed by atoms with Gasteiger partial charge in [-0.15, -0.1) is 0 Å². The second-order valence-electron chi connectivity index (χ2n) is 6.31. The summed E-state index contributed by atoms with van der Waals surface area (Å²) in [4.78, 5) is 13.9. The monoisotopic (exact) mass is 367 g/mol. The first-order chi connectivity index (χ1) is 12.3. The van der Waals surface area contributed by atoms with E-state index in [1.54, 1.807) is 12.1 Å². The first-order valence-electron chi connectivity index (χ1n) is 8.26. The van der Waals surface area contributed by atoms with Crippen molar-refractivity contribution < 1.29 is 17.9 Å². The molecular weight excluding hydrogens is 347 g/mol. The Labute approximate surface area is 149 Å². The lowest BCUT2D eigenvalue weighted by molar-refractivity contribution is -0.141. The summed E-state index contributed by atoms with van der Waals surface area (Å²) in [5, 5.41) is 3.03. The third kappa shape index (κ3) is 4.47. The number of halogens is 3. The number of morpholine rings is 1. The number of rotatable bonds is 4. The lowest BCUT2D eigenvalue weighted by atomic mass is 10.1. The number of nitrogens with zero attached hydrogens (tertiary/aromatic N) is 4. The highest BCUT2D eigenvalue weighted by molar-refractivity contribution is 5.56. The highest BCUT2D eigenvalue weighted by atomic mass is 19.4. The van der Waals surface area contributed by atoms with E-state index in [9.17, 15) is 13.2 Å². The first-order valence-corrected chi connectivity index (χ1v) is 8.26. The number of alkyl halides is 3. The quantitative estimate of drug-likeness (QED) is 0.897. The maximum atomic E-state index is 13.2. The molecule has 0 spiro atoms. The Morgan fingerprint density at radius 2 is 2.15 bits per heavy atom. The summed E-state index contributed by atoms with van der Waals surface area (Å²) >= 11 is 0. The summed E-state index contributed by atoms with van der Waals surface area (Å²) in [6, 6.07) is 3.95. The van der Waals surface area contributed by atoms with Gasteiger partial charge in [-0.05, 0) is 26.1 Å². The van der Waals surface area contributed by atoms with E-state index in [0.29, 0.717) is 18.7 Å². The first kappa shape index (κ1) is 18.5. The summed E-state index contributed by atoms with van der Waals surface area (Å²) in [5.41, 5.74) is -0.578. The zero-order chi connectivity index (χ0) is 18.7. The molecular formula is C17H20F3N5O. The SMILES string of the molecule is CC(Nc1cc(C(F)(F)F)nc(-c2cccnc2)n1)C1CN(C)CCO1. The summed E-state index contributed by atoms with van der Waals surface area (Å²) in [6.45, 7) is 3.98. The molecule has 26 heavy (non-hydrogen) atoms. The number of anilines is 1. The molecule has 1 N–H and O–H groups in total. The zero-order valence-corrected chi connectivity index (χ0v) is 14.5. The molecule has 6 nitrogen and oxygen atoms in total. The molecule has 1 aliphatic rings. The normalized spacial score (nSPS) is 20.0. The van der Waals surface area contributed by atoms with Gasteiger partial charge in [-0.25, -0.2) is 9.97 Å². The molecule has 1 saturated heterocycles. The van der Waals surface area contributed by atoms with Crippen LogP contribution >= 0.6 is 0 Å². The third-order valence-electron chi connectivity index (χ3n) is 4.17. The largest absolute Gasteiger partial charge is 0.433 e. The number of hydrogen-bond acceptors (Lipinski definition) is 6. The van der Waals surface area contributed by atoms with Crippen molar-refractivity contribution >= 4 is 5.82 Å². The average molecular weight is 367 g/mol. The fourth-order valence-electron chi connectivity index (χ4n) is 2.73. The highest BCUT2D eigenvalue weighted by Gasteiger charge is 2.34. The summed E-state index contributed by atoms with van der Waals surface area (Å²) < 4.78 is 45.4. The third-order valence-corrected chi connectivity index (χ3v) is 4.17. The van der Waals surface area contributed by atoms with Gasteiger partial charge < -0.3 is 15.0 Å². The number of nitrogens with one attached hydrogen (secondary N) is 1. The van der Waals surface area contributed by atoms with Crippen LogP contribution in [0.1, 0.15) is 12.6 Å². The van der Waals surface area contributed by atoms with Crippen LogP contribution < -0.4 is 5.32 Å². The van der Waals surface area contributed by atoms with E-state index in [1.165, 1.54) is 12.4 Å². The molecule has 2 aromatic heterocycles. The van der Waals surface area contributed by atoms with Crippen molar-refractivity contribution in [2.45, 2.75) is 25.2 Å². The van der Waals surface area contributed by atoms with E-state index in [2.05, 4.69) is 25.2 Å². The van der Waals surface area contributed by atoms with Gasteiger partial charge in [-0.1, -0.05) is 0 Å². The predicted octanol–water partition coefficient (Wildman–Crippen LogP) is 2.69. The fraction of sp³-hybridized carbons (Fsp3) is 0.471. The van der Waals surface area contributed by atoms with Gasteiger partial charge in [0.25, 0.3) is 0 Å². The van der Waals surface area contributed by atoms with Crippen LogP contribution in [0.3, 0.4) is 0 Å². The highest BCUT2D eigenvalue weighted by Crippen LogP contribution is 2.31. The molecule has 0 aliphatic carbocycles. The van der Waals surface area contributed by atoms with Gasteiger partial charge >= 0.3 is 6.18 Å². The van der Waals surface area contributed by atoms with Crippen molar-refractivity contribution in [2.24, 2.45) is 0 Å². The van der Waals surface area contributed by atoms with Gasteiger partial charge in [0, 0.05) is 37.1 Å². The van der Waals surface area contributed by atoms with Crippen LogP contribution in [0.4, 0.5) is 19.0 Å². The van der Waals surface area contributed by atoms with Crippen molar-refractivity contribution in [3.8, 4) is 11.4 Å². The lowest BCUT2D eigenvalue weighted by Crippen LogP contribution is -2.47. The lowest BCUT2D eigenvalue weighted by Gasteiger charge is -2.34. The molecule has 0 radical (unpaired) electrons. The predicted molar refractivity (Wildman–Crippen MR) is 90.6 cm³/mol. The van der Waals surface area contributed by atoms with Crippen molar-refractivity contribution in [3.05, 3.63) is 36.3 Å². The molecule has 0 saturated carbocycles. The van der Waals surface area contributed by atoms with Gasteiger partial charge in [-0.2, -0.15) is 13.2 Å². The standard InChI is InChI=1S/C17H20F3N5O/c1-11(13-10-25(2)6-7-26-13)22-15-8-14(17(18,19)20)23-16(24-15)12-4-3-5-21-9-12/h3-5,8-9,11,13H,6-7,10H2,1-2H3,(H,22,23,24). The molecule has 140 valence electrons. The number of ether oxygens (including phenoxy) is 1. The minimum absolute atomic E-state index is 0.0238. The van der Waals surface area contributed by atoms with E-state index >= 15 is 0 Å². The van der Waals surface area contributed by atoms with Gasteiger partial charge in [-0.3, -0.25) is 4.98 Å². The maximum Gasteiger partial charge on any atom is 0.433 e. The van der Waals surface area contributed by atoms with Gasteiger partial charge in [0.2, 0.25) is 0 Å². The van der Waals surface area contributed by atoms with Gasteiger partial charge in [0.05, 0.1) is 18.8 Å². The second kappa shape index (κ2) is 7.55. The summed E-state index contributed by atoms with van der Waals surface area (Å²) in [5.74, 6) is 0.0832. The number of likely N-dealkylation sites (N-methyl/N-ethyl adjacent to an activating group) is 1. The second-order valence-corrected chi connectivity index (χ2v) is 6.31. The van der Waals surface area contributed by atoms with E-state index in [1.807, 2.05) is 14.0 Å². The Hall–Kier alpha value is -2.26. The van der Waals surface area contributed by atoms with Crippen LogP contribution in [0.2, 0.25) is 0 Å². The van der Waals surface area contributed by atoms with Gasteiger partial charge in [0.1, 0.15) is 5.82 Å². The van der Waals surface area contributed by atoms with Crippen molar-refractivity contribution in [1.82, 2.24) is 19.9 Å². The molecule has 3 rings (SSSR count). The summed E-state index contributed by atoms with van der Waals surface area (Å²) in [7, 11) is 1.98. The van der Waals surface area contributed by atoms with E-state index < -0.39 is 11.9 Å². The Bertz CT molecular complexity index is 741. The molecule has 2 atom stereocenters. The zero-order valence-electron chi connectivity index (χ0n) is 14.5. The topological polar surface area (TPSA) is 63.2 Å².